The summed E-state index contributed by atoms with van der Waals surface area (Å²) >= 11 is 0. The van der Waals surface area contributed by atoms with E-state index in [4.69, 9.17) is 0 Å². The second-order valence-corrected chi connectivity index (χ2v) is 9.96. The van der Waals surface area contributed by atoms with Crippen LogP contribution in [0.3, 0.4) is 0 Å². The van der Waals surface area contributed by atoms with Gasteiger partial charge in [0.05, 0.1) is 4.90 Å². The van der Waals surface area contributed by atoms with Crippen molar-refractivity contribution in [3.05, 3.63) is 29.8 Å². The summed E-state index contributed by atoms with van der Waals surface area (Å²) in [5.41, 5.74) is 0.555. The fourth-order valence-corrected chi connectivity index (χ4v) is 5.85. The number of amides is 1. The Morgan fingerprint density at radius 3 is 2.07 bits per heavy atom. The van der Waals surface area contributed by atoms with Gasteiger partial charge in [-0.15, -0.1) is 0 Å². The number of hydrogen-bond acceptors (Lipinski definition) is 4. The molecule has 1 aromatic rings. The molecule has 2 heterocycles. The summed E-state index contributed by atoms with van der Waals surface area (Å²) in [5, 5.41) is 0. The Labute approximate surface area is 163 Å². The highest BCUT2D eigenvalue weighted by Crippen LogP contribution is 2.27. The number of carbonyl (C=O) groups excluding carboxylic acids is 1. The first kappa shape index (κ1) is 20.3. The summed E-state index contributed by atoms with van der Waals surface area (Å²) in [5.74, 6) is 0.715. The first-order valence-electron chi connectivity index (χ1n) is 9.93. The van der Waals surface area contributed by atoms with E-state index in [1.807, 2.05) is 4.90 Å². The van der Waals surface area contributed by atoms with Crippen LogP contribution in [0.5, 0.6) is 0 Å². The second kappa shape index (κ2) is 8.29. The summed E-state index contributed by atoms with van der Waals surface area (Å²) in [7, 11) is -3.50. The third-order valence-electron chi connectivity index (χ3n) is 5.68. The third-order valence-corrected chi connectivity index (χ3v) is 7.53. The van der Waals surface area contributed by atoms with Crippen LogP contribution in [0.2, 0.25) is 0 Å². The van der Waals surface area contributed by atoms with Crippen molar-refractivity contribution in [2.45, 2.75) is 32.1 Å². The van der Waals surface area contributed by atoms with Gasteiger partial charge in [0.2, 0.25) is 10.0 Å². The van der Waals surface area contributed by atoms with Crippen LogP contribution < -0.4 is 0 Å². The van der Waals surface area contributed by atoms with Gasteiger partial charge in [-0.25, -0.2) is 8.42 Å². The molecular formula is C20H31N3O3S. The number of carbonyl (C=O) groups is 1. The van der Waals surface area contributed by atoms with Crippen LogP contribution in [0.25, 0.3) is 0 Å². The summed E-state index contributed by atoms with van der Waals surface area (Å²) < 4.78 is 27.5. The maximum atomic E-state index is 13.0. The minimum Gasteiger partial charge on any atom is -0.336 e. The van der Waals surface area contributed by atoms with Gasteiger partial charge in [-0.1, -0.05) is 20.8 Å². The van der Waals surface area contributed by atoms with E-state index in [9.17, 15) is 13.2 Å². The Morgan fingerprint density at radius 1 is 1.00 bits per heavy atom. The fraction of sp³-hybridized carbons (Fsp3) is 0.650. The number of likely N-dealkylation sites (N-methyl/N-ethyl adjacent to an activating group) is 1. The molecule has 2 aliphatic heterocycles. The van der Waals surface area contributed by atoms with Gasteiger partial charge in [0.1, 0.15) is 0 Å². The zero-order chi connectivity index (χ0) is 19.6. The Kier molecular flexibility index (Phi) is 6.23. The molecule has 2 saturated heterocycles. The standard InChI is InChI=1S/C20H31N3O3S/c1-4-21-9-11-22(12-10-21)20(24)18-5-7-19(8-6-18)27(25,26)23-14-16(2)13-17(3)15-23/h5-8,16-17H,4,9-15H2,1-3H3/t16-,17-/m1/s1. The van der Waals surface area contributed by atoms with E-state index in [0.29, 0.717) is 30.5 Å². The molecule has 0 aromatic heterocycles. The van der Waals surface area contributed by atoms with Crippen LogP contribution >= 0.6 is 0 Å². The average molecular weight is 394 g/mol. The summed E-state index contributed by atoms with van der Waals surface area (Å²) in [4.78, 5) is 17.1. The molecule has 1 amide bonds. The van der Waals surface area contributed by atoms with Gasteiger partial charge in [-0.3, -0.25) is 4.79 Å². The topological polar surface area (TPSA) is 60.9 Å². The largest absolute Gasteiger partial charge is 0.336 e. The van der Waals surface area contributed by atoms with Crippen molar-refractivity contribution in [2.24, 2.45) is 11.8 Å². The zero-order valence-electron chi connectivity index (χ0n) is 16.6. The number of rotatable bonds is 4. The smallest absolute Gasteiger partial charge is 0.253 e. The molecule has 3 rings (SSSR count). The Morgan fingerprint density at radius 2 is 1.56 bits per heavy atom. The summed E-state index contributed by atoms with van der Waals surface area (Å²) in [6.45, 7) is 11.7. The maximum Gasteiger partial charge on any atom is 0.253 e. The van der Waals surface area contributed by atoms with E-state index in [-0.39, 0.29) is 10.8 Å². The van der Waals surface area contributed by atoms with Crippen molar-refractivity contribution >= 4 is 15.9 Å². The van der Waals surface area contributed by atoms with Gasteiger partial charge in [-0.2, -0.15) is 4.31 Å². The summed E-state index contributed by atoms with van der Waals surface area (Å²) in [6, 6.07) is 6.46. The monoisotopic (exact) mass is 393 g/mol. The van der Waals surface area contributed by atoms with Gasteiger partial charge in [0, 0.05) is 44.8 Å². The van der Waals surface area contributed by atoms with Crippen molar-refractivity contribution in [3.63, 3.8) is 0 Å². The first-order chi connectivity index (χ1) is 12.8. The highest BCUT2D eigenvalue weighted by atomic mass is 32.2. The van der Waals surface area contributed by atoms with Crippen molar-refractivity contribution in [1.82, 2.24) is 14.1 Å². The lowest BCUT2D eigenvalue weighted by Gasteiger charge is -2.34. The molecule has 0 N–H and O–H groups in total. The number of piperidine rings is 1. The van der Waals surface area contributed by atoms with E-state index >= 15 is 0 Å². The van der Waals surface area contributed by atoms with Crippen molar-refractivity contribution in [1.29, 1.82) is 0 Å². The molecule has 2 atom stereocenters. The second-order valence-electron chi connectivity index (χ2n) is 8.02. The van der Waals surface area contributed by atoms with E-state index in [2.05, 4.69) is 25.7 Å². The molecule has 6 nitrogen and oxygen atoms in total. The molecule has 7 heteroatoms. The molecule has 27 heavy (non-hydrogen) atoms. The van der Waals surface area contributed by atoms with Crippen LogP contribution in [0, 0.1) is 11.8 Å². The van der Waals surface area contributed by atoms with Crippen molar-refractivity contribution in [2.75, 3.05) is 45.8 Å². The molecule has 0 saturated carbocycles. The Hall–Kier alpha value is -1.44. The minimum absolute atomic E-state index is 0.0186. The number of sulfonamides is 1. The number of hydrogen-bond donors (Lipinski definition) is 0. The van der Waals surface area contributed by atoms with Gasteiger partial charge < -0.3 is 9.80 Å². The van der Waals surface area contributed by atoms with Gasteiger partial charge in [0.15, 0.2) is 0 Å². The fourth-order valence-electron chi connectivity index (χ4n) is 4.17. The van der Waals surface area contributed by atoms with E-state index < -0.39 is 10.0 Å². The van der Waals surface area contributed by atoms with Gasteiger partial charge >= 0.3 is 0 Å². The predicted molar refractivity (Wildman–Crippen MR) is 106 cm³/mol. The van der Waals surface area contributed by atoms with Crippen LogP contribution in [0.4, 0.5) is 0 Å². The number of piperazine rings is 1. The summed E-state index contributed by atoms with van der Waals surface area (Å²) in [6.07, 6.45) is 1.06. The van der Waals surface area contributed by atoms with Crippen LogP contribution in [-0.4, -0.2) is 74.2 Å². The molecule has 0 radical (unpaired) electrons. The lowest BCUT2D eigenvalue weighted by atomic mass is 9.94. The van der Waals surface area contributed by atoms with Crippen molar-refractivity contribution in [3.8, 4) is 0 Å². The van der Waals surface area contributed by atoms with Crippen molar-refractivity contribution < 1.29 is 13.2 Å². The molecule has 0 unspecified atom stereocenters. The zero-order valence-corrected chi connectivity index (χ0v) is 17.4. The minimum atomic E-state index is -3.50. The lowest BCUT2D eigenvalue weighted by molar-refractivity contribution is 0.0643. The van der Waals surface area contributed by atoms with Crippen LogP contribution in [-0.2, 0) is 10.0 Å². The van der Waals surface area contributed by atoms with E-state index in [1.165, 1.54) is 0 Å². The molecule has 0 aliphatic carbocycles. The molecule has 0 bridgehead atoms. The quantitative estimate of drug-likeness (QED) is 0.786. The molecule has 2 aliphatic rings. The molecule has 1 aromatic carbocycles. The maximum absolute atomic E-state index is 13.0. The molecule has 0 spiro atoms. The van der Waals surface area contributed by atoms with Gasteiger partial charge in [-0.05, 0) is 49.1 Å². The lowest BCUT2D eigenvalue weighted by Crippen LogP contribution is -2.48. The predicted octanol–water partition coefficient (Wildman–Crippen LogP) is 2.13. The molecular weight excluding hydrogens is 362 g/mol. The van der Waals surface area contributed by atoms with Crippen LogP contribution in [0.15, 0.2) is 29.2 Å². The molecule has 150 valence electrons. The highest BCUT2D eigenvalue weighted by molar-refractivity contribution is 7.89. The number of nitrogens with zero attached hydrogens (tertiary/aromatic N) is 3. The van der Waals surface area contributed by atoms with E-state index in [1.54, 1.807) is 28.6 Å². The third kappa shape index (κ3) is 4.52. The highest BCUT2D eigenvalue weighted by Gasteiger charge is 2.32. The normalized spacial score (nSPS) is 25.5. The van der Waals surface area contributed by atoms with Gasteiger partial charge in [0.25, 0.3) is 5.91 Å². The SMILES string of the molecule is CCN1CCN(C(=O)c2ccc(S(=O)(=O)N3C[C@H](C)C[C@@H](C)C3)cc2)CC1. The first-order valence-corrected chi connectivity index (χ1v) is 11.4. The molecule has 2 fully saturated rings. The van der Waals surface area contributed by atoms with Crippen LogP contribution in [0.1, 0.15) is 37.6 Å². The number of benzene rings is 1. The average Bonchev–Trinajstić information content (AvgIpc) is 2.67. The Bertz CT molecular complexity index is 745. The van der Waals surface area contributed by atoms with E-state index in [0.717, 1.165) is 39.1 Å². The Balaban J connectivity index is 1.70.